The first-order valence-corrected chi connectivity index (χ1v) is 12.0. The summed E-state index contributed by atoms with van der Waals surface area (Å²) in [6, 6.07) is 14.6. The van der Waals surface area contributed by atoms with E-state index in [1.807, 2.05) is 47.1 Å². The first-order chi connectivity index (χ1) is 16.1. The topological polar surface area (TPSA) is 56.7 Å². The molecule has 5 aromatic rings. The van der Waals surface area contributed by atoms with Crippen LogP contribution in [0.25, 0.3) is 22.4 Å². The molecule has 168 valence electrons. The van der Waals surface area contributed by atoms with Crippen molar-refractivity contribution in [2.24, 2.45) is 0 Å². The fourth-order valence-corrected chi connectivity index (χ4v) is 4.75. The van der Waals surface area contributed by atoms with Crippen LogP contribution in [0.1, 0.15) is 25.3 Å². The minimum atomic E-state index is -0.326. The lowest BCUT2D eigenvalue weighted by Gasteiger charge is -2.05. The van der Waals surface area contributed by atoms with Gasteiger partial charge in [0.15, 0.2) is 10.8 Å². The van der Waals surface area contributed by atoms with Gasteiger partial charge in [-0.25, -0.2) is 8.91 Å². The molecule has 0 aliphatic heterocycles. The maximum Gasteiger partial charge on any atom is 0.196 e. The fourth-order valence-electron chi connectivity index (χ4n) is 3.49. The number of halogens is 2. The highest BCUT2D eigenvalue weighted by molar-refractivity contribution is 7.98. The molecule has 0 fully saturated rings. The van der Waals surface area contributed by atoms with Crippen LogP contribution in [0, 0.1) is 5.82 Å². The van der Waals surface area contributed by atoms with Crippen LogP contribution in [-0.2, 0) is 5.75 Å². The summed E-state index contributed by atoms with van der Waals surface area (Å²) in [5, 5.41) is 14.4. The van der Waals surface area contributed by atoms with Gasteiger partial charge in [0.05, 0.1) is 12.3 Å². The lowest BCUT2D eigenvalue weighted by Crippen LogP contribution is -1.96. The summed E-state index contributed by atoms with van der Waals surface area (Å²) < 4.78 is 23.5. The smallest absolute Gasteiger partial charge is 0.196 e. The number of hydrogen-bond acceptors (Lipinski definition) is 5. The second kappa shape index (κ2) is 9.41. The van der Waals surface area contributed by atoms with Crippen LogP contribution in [-0.4, -0.2) is 30.8 Å². The number of hydrogen-bond donors (Lipinski definition) is 0. The van der Waals surface area contributed by atoms with Crippen LogP contribution >= 0.6 is 23.4 Å². The largest absolute Gasteiger partial charge is 0.494 e. The summed E-state index contributed by atoms with van der Waals surface area (Å²) in [6.07, 6.45) is 5.86. The molecule has 0 aliphatic rings. The highest BCUT2D eigenvalue weighted by Crippen LogP contribution is 2.29. The molecule has 3 aromatic heterocycles. The van der Waals surface area contributed by atoms with Crippen molar-refractivity contribution in [3.05, 3.63) is 77.3 Å². The quantitative estimate of drug-likeness (QED) is 0.192. The molecule has 0 aliphatic carbocycles. The summed E-state index contributed by atoms with van der Waals surface area (Å²) in [5.74, 6) is 0.884. The molecule has 2 aromatic carbocycles. The van der Waals surface area contributed by atoms with Crippen molar-refractivity contribution in [2.75, 3.05) is 6.61 Å². The maximum absolute atomic E-state index is 14.1. The maximum atomic E-state index is 14.1. The van der Waals surface area contributed by atoms with Gasteiger partial charge < -0.3 is 4.74 Å². The third-order valence-electron chi connectivity index (χ3n) is 5.31. The predicted molar refractivity (Wildman–Crippen MR) is 129 cm³/mol. The van der Waals surface area contributed by atoms with E-state index in [0.29, 0.717) is 27.1 Å². The number of rotatable bonds is 8. The molecule has 0 radical (unpaired) electrons. The summed E-state index contributed by atoms with van der Waals surface area (Å²) in [4.78, 5) is 0. The first-order valence-electron chi connectivity index (χ1n) is 10.7. The van der Waals surface area contributed by atoms with Gasteiger partial charge in [0, 0.05) is 34.3 Å². The van der Waals surface area contributed by atoms with Gasteiger partial charge in [-0.05, 0) is 48.9 Å². The molecular formula is C24H21ClFN5OS. The number of unbranched alkanes of at least 4 members (excludes halogenated alkanes) is 1. The van der Waals surface area contributed by atoms with Crippen LogP contribution < -0.4 is 4.74 Å². The minimum Gasteiger partial charge on any atom is -0.494 e. The Balaban J connectivity index is 1.40. The van der Waals surface area contributed by atoms with E-state index in [0.717, 1.165) is 42.0 Å². The van der Waals surface area contributed by atoms with Gasteiger partial charge in [-0.2, -0.15) is 5.10 Å². The van der Waals surface area contributed by atoms with Gasteiger partial charge >= 0.3 is 0 Å². The molecule has 5 rings (SSSR count). The standard InChI is InChI=1S/C24H21ClFN5OS/c1-2-3-13-32-17-9-7-16(8-10-17)21-14-22-23-27-28-24(30(23)11-12-31(22)29-21)33-15-18-19(25)5-4-6-20(18)26/h4-12,14H,2-3,13,15H2,1H3. The Kier molecular flexibility index (Phi) is 6.20. The number of aromatic nitrogens is 5. The fraction of sp³-hybridized carbons (Fsp3) is 0.208. The van der Waals surface area contributed by atoms with E-state index in [2.05, 4.69) is 22.2 Å². The molecule has 0 amide bonds. The van der Waals surface area contributed by atoms with E-state index < -0.39 is 0 Å². The third kappa shape index (κ3) is 4.41. The highest BCUT2D eigenvalue weighted by Gasteiger charge is 2.15. The minimum absolute atomic E-state index is 0.326. The molecule has 0 spiro atoms. The van der Waals surface area contributed by atoms with E-state index >= 15 is 0 Å². The van der Waals surface area contributed by atoms with Crippen molar-refractivity contribution in [2.45, 2.75) is 30.7 Å². The molecular weight excluding hydrogens is 461 g/mol. The van der Waals surface area contributed by atoms with Crippen molar-refractivity contribution in [3.8, 4) is 17.0 Å². The van der Waals surface area contributed by atoms with Crippen molar-refractivity contribution < 1.29 is 9.13 Å². The van der Waals surface area contributed by atoms with Crippen LogP contribution in [0.4, 0.5) is 4.39 Å². The van der Waals surface area contributed by atoms with Gasteiger partial charge in [0.2, 0.25) is 0 Å². The lowest BCUT2D eigenvalue weighted by molar-refractivity contribution is 0.309. The molecule has 3 heterocycles. The van der Waals surface area contributed by atoms with Gasteiger partial charge in [-0.15, -0.1) is 10.2 Å². The summed E-state index contributed by atoms with van der Waals surface area (Å²) in [5.41, 5.74) is 3.79. The molecule has 0 bridgehead atoms. The van der Waals surface area contributed by atoms with Gasteiger partial charge in [0.25, 0.3) is 0 Å². The van der Waals surface area contributed by atoms with Crippen LogP contribution in [0.3, 0.4) is 0 Å². The number of benzene rings is 2. The third-order valence-corrected chi connectivity index (χ3v) is 6.63. The average Bonchev–Trinajstić information content (AvgIpc) is 3.43. The molecule has 0 N–H and O–H groups in total. The van der Waals surface area contributed by atoms with Crippen molar-refractivity contribution >= 4 is 34.5 Å². The normalized spacial score (nSPS) is 11.5. The zero-order chi connectivity index (χ0) is 22.8. The van der Waals surface area contributed by atoms with Crippen molar-refractivity contribution in [3.63, 3.8) is 0 Å². The zero-order valence-electron chi connectivity index (χ0n) is 17.9. The Morgan fingerprint density at radius 3 is 2.73 bits per heavy atom. The van der Waals surface area contributed by atoms with Crippen molar-refractivity contribution in [1.82, 2.24) is 24.2 Å². The number of fused-ring (bicyclic) bond motifs is 3. The zero-order valence-corrected chi connectivity index (χ0v) is 19.5. The van der Waals surface area contributed by atoms with E-state index in [1.54, 1.807) is 16.6 Å². The predicted octanol–water partition coefficient (Wildman–Crippen LogP) is 6.31. The SMILES string of the molecule is CCCCOc1ccc(-c2cc3c4nnc(SCc5c(F)cccc5Cl)n4ccn3n2)cc1. The second-order valence-corrected chi connectivity index (χ2v) is 8.90. The Morgan fingerprint density at radius 2 is 1.94 bits per heavy atom. The molecule has 9 heteroatoms. The second-order valence-electron chi connectivity index (χ2n) is 7.55. The first kappa shape index (κ1) is 21.7. The molecule has 0 atom stereocenters. The summed E-state index contributed by atoms with van der Waals surface area (Å²) in [7, 11) is 0. The van der Waals surface area contributed by atoms with E-state index in [1.165, 1.54) is 17.8 Å². The van der Waals surface area contributed by atoms with E-state index in [-0.39, 0.29) is 5.82 Å². The number of ether oxygens (including phenoxy) is 1. The van der Waals surface area contributed by atoms with Gasteiger partial charge in [-0.3, -0.25) is 4.40 Å². The molecule has 0 saturated carbocycles. The number of thioether (sulfide) groups is 1. The lowest BCUT2D eigenvalue weighted by atomic mass is 10.1. The van der Waals surface area contributed by atoms with E-state index in [9.17, 15) is 4.39 Å². The Labute approximate surface area is 199 Å². The molecule has 0 unspecified atom stereocenters. The highest BCUT2D eigenvalue weighted by atomic mass is 35.5. The van der Waals surface area contributed by atoms with Crippen molar-refractivity contribution in [1.29, 1.82) is 0 Å². The van der Waals surface area contributed by atoms with Gasteiger partial charge in [0.1, 0.15) is 17.1 Å². The number of nitrogens with zero attached hydrogens (tertiary/aromatic N) is 5. The molecule has 33 heavy (non-hydrogen) atoms. The Bertz CT molecular complexity index is 1400. The molecule has 0 saturated heterocycles. The van der Waals surface area contributed by atoms with Crippen LogP contribution in [0.15, 0.2) is 66.1 Å². The Hall–Kier alpha value is -3.10. The van der Waals surface area contributed by atoms with Crippen LogP contribution in [0.5, 0.6) is 5.75 Å². The average molecular weight is 482 g/mol. The monoisotopic (exact) mass is 481 g/mol. The Morgan fingerprint density at radius 1 is 1.09 bits per heavy atom. The van der Waals surface area contributed by atoms with E-state index in [4.69, 9.17) is 16.3 Å². The summed E-state index contributed by atoms with van der Waals surface area (Å²) in [6.45, 7) is 2.86. The molecule has 6 nitrogen and oxygen atoms in total. The van der Waals surface area contributed by atoms with Crippen LogP contribution in [0.2, 0.25) is 5.02 Å². The summed E-state index contributed by atoms with van der Waals surface area (Å²) >= 11 is 7.53. The van der Waals surface area contributed by atoms with Gasteiger partial charge in [-0.1, -0.05) is 42.8 Å².